The standard InChI is InChI=1S/C22H27N3O4/c1-17(2)25(16-18-7-4-3-5-8-18)21(27)15-20(26)23-10-12-24(13-11-23)22(28)19-9-6-14-29-19/h3-9,14,17H,10-13,15-16H2,1-2H3. The molecule has 7 nitrogen and oxygen atoms in total. The molecule has 0 spiro atoms. The van der Waals surface area contributed by atoms with E-state index in [4.69, 9.17) is 4.42 Å². The highest BCUT2D eigenvalue weighted by atomic mass is 16.3. The Morgan fingerprint density at radius 2 is 1.62 bits per heavy atom. The van der Waals surface area contributed by atoms with E-state index in [1.807, 2.05) is 44.2 Å². The van der Waals surface area contributed by atoms with Crippen LogP contribution in [-0.4, -0.2) is 64.6 Å². The summed E-state index contributed by atoms with van der Waals surface area (Å²) in [5.41, 5.74) is 1.03. The Morgan fingerprint density at radius 1 is 0.966 bits per heavy atom. The molecule has 7 heteroatoms. The van der Waals surface area contributed by atoms with Gasteiger partial charge in [-0.2, -0.15) is 0 Å². The topological polar surface area (TPSA) is 74.1 Å². The summed E-state index contributed by atoms with van der Waals surface area (Å²) in [6.45, 7) is 6.07. The number of benzene rings is 1. The van der Waals surface area contributed by atoms with E-state index in [0.29, 0.717) is 38.5 Å². The van der Waals surface area contributed by atoms with E-state index in [-0.39, 0.29) is 30.2 Å². The van der Waals surface area contributed by atoms with Crippen molar-refractivity contribution in [3.63, 3.8) is 0 Å². The van der Waals surface area contributed by atoms with Crippen LogP contribution in [0.15, 0.2) is 53.1 Å². The average molecular weight is 397 g/mol. The minimum absolute atomic E-state index is 0.00160. The summed E-state index contributed by atoms with van der Waals surface area (Å²) in [5.74, 6) is -0.248. The Kier molecular flexibility index (Phi) is 6.69. The number of piperazine rings is 1. The summed E-state index contributed by atoms with van der Waals surface area (Å²) < 4.78 is 5.15. The van der Waals surface area contributed by atoms with Crippen LogP contribution in [0.1, 0.15) is 36.4 Å². The first kappa shape index (κ1) is 20.6. The van der Waals surface area contributed by atoms with Crippen LogP contribution in [-0.2, 0) is 16.1 Å². The van der Waals surface area contributed by atoms with Crippen LogP contribution in [0.3, 0.4) is 0 Å². The average Bonchev–Trinajstić information content (AvgIpc) is 3.27. The molecular formula is C22H27N3O4. The summed E-state index contributed by atoms with van der Waals surface area (Å²) in [6, 6.07) is 13.1. The van der Waals surface area contributed by atoms with Gasteiger partial charge in [0.15, 0.2) is 5.76 Å². The first-order valence-electron chi connectivity index (χ1n) is 9.89. The van der Waals surface area contributed by atoms with E-state index in [2.05, 4.69) is 0 Å². The van der Waals surface area contributed by atoms with Crippen LogP contribution in [0.5, 0.6) is 0 Å². The van der Waals surface area contributed by atoms with Crippen molar-refractivity contribution < 1.29 is 18.8 Å². The first-order valence-corrected chi connectivity index (χ1v) is 9.89. The molecule has 0 saturated carbocycles. The van der Waals surface area contributed by atoms with E-state index in [0.717, 1.165) is 5.56 Å². The number of furan rings is 1. The lowest BCUT2D eigenvalue weighted by molar-refractivity contribution is -0.142. The van der Waals surface area contributed by atoms with Crippen LogP contribution in [0.2, 0.25) is 0 Å². The smallest absolute Gasteiger partial charge is 0.289 e. The van der Waals surface area contributed by atoms with Gasteiger partial charge in [-0.05, 0) is 31.5 Å². The fourth-order valence-corrected chi connectivity index (χ4v) is 3.40. The van der Waals surface area contributed by atoms with Crippen molar-refractivity contribution in [1.82, 2.24) is 14.7 Å². The number of carbonyl (C=O) groups excluding carboxylic acids is 3. The number of carbonyl (C=O) groups is 3. The van der Waals surface area contributed by atoms with Crippen LogP contribution >= 0.6 is 0 Å². The zero-order valence-electron chi connectivity index (χ0n) is 16.9. The van der Waals surface area contributed by atoms with Gasteiger partial charge in [-0.3, -0.25) is 14.4 Å². The van der Waals surface area contributed by atoms with Crippen molar-refractivity contribution in [1.29, 1.82) is 0 Å². The van der Waals surface area contributed by atoms with E-state index in [9.17, 15) is 14.4 Å². The van der Waals surface area contributed by atoms with Crippen LogP contribution < -0.4 is 0 Å². The highest BCUT2D eigenvalue weighted by molar-refractivity contribution is 5.97. The molecule has 0 N–H and O–H groups in total. The summed E-state index contributed by atoms with van der Waals surface area (Å²) in [7, 11) is 0. The number of hydrogen-bond donors (Lipinski definition) is 0. The van der Waals surface area contributed by atoms with Gasteiger partial charge in [0.25, 0.3) is 5.91 Å². The lowest BCUT2D eigenvalue weighted by Gasteiger charge is -2.35. The lowest BCUT2D eigenvalue weighted by atomic mass is 10.1. The van der Waals surface area contributed by atoms with Gasteiger partial charge in [0.05, 0.1) is 6.26 Å². The fourth-order valence-electron chi connectivity index (χ4n) is 3.40. The third-order valence-corrected chi connectivity index (χ3v) is 5.09. The van der Waals surface area contributed by atoms with E-state index < -0.39 is 0 Å². The normalized spacial score (nSPS) is 14.2. The zero-order chi connectivity index (χ0) is 20.8. The molecule has 0 bridgehead atoms. The van der Waals surface area contributed by atoms with Crippen molar-refractivity contribution in [2.24, 2.45) is 0 Å². The number of rotatable bonds is 6. The molecule has 0 radical (unpaired) electrons. The molecule has 1 aromatic carbocycles. The van der Waals surface area contributed by atoms with E-state index in [1.54, 1.807) is 26.8 Å². The minimum Gasteiger partial charge on any atom is -0.459 e. The Labute approximate surface area is 170 Å². The molecule has 0 aliphatic carbocycles. The van der Waals surface area contributed by atoms with Gasteiger partial charge in [0, 0.05) is 38.8 Å². The van der Waals surface area contributed by atoms with Gasteiger partial charge < -0.3 is 19.1 Å². The predicted molar refractivity (Wildman–Crippen MR) is 108 cm³/mol. The molecule has 0 unspecified atom stereocenters. The van der Waals surface area contributed by atoms with Crippen LogP contribution in [0, 0.1) is 0 Å². The second-order valence-electron chi connectivity index (χ2n) is 7.43. The molecule has 1 fully saturated rings. The molecule has 1 aliphatic heterocycles. The van der Waals surface area contributed by atoms with E-state index in [1.165, 1.54) is 6.26 Å². The molecule has 2 heterocycles. The summed E-state index contributed by atoms with van der Waals surface area (Å²) in [4.78, 5) is 42.8. The van der Waals surface area contributed by atoms with Crippen LogP contribution in [0.25, 0.3) is 0 Å². The molecule has 1 aromatic heterocycles. The van der Waals surface area contributed by atoms with Crippen LogP contribution in [0.4, 0.5) is 0 Å². The highest BCUT2D eigenvalue weighted by Crippen LogP contribution is 2.13. The van der Waals surface area contributed by atoms with E-state index >= 15 is 0 Å². The first-order chi connectivity index (χ1) is 14.0. The van der Waals surface area contributed by atoms with Crippen molar-refractivity contribution in [2.45, 2.75) is 32.9 Å². The Hall–Kier alpha value is -3.09. The largest absolute Gasteiger partial charge is 0.459 e. The van der Waals surface area contributed by atoms with Gasteiger partial charge in [0.2, 0.25) is 11.8 Å². The third-order valence-electron chi connectivity index (χ3n) is 5.09. The van der Waals surface area contributed by atoms with Gasteiger partial charge in [0.1, 0.15) is 6.42 Å². The Balaban J connectivity index is 1.52. The molecular weight excluding hydrogens is 370 g/mol. The maximum Gasteiger partial charge on any atom is 0.289 e. The maximum absolute atomic E-state index is 12.8. The number of nitrogens with zero attached hydrogens (tertiary/aromatic N) is 3. The zero-order valence-corrected chi connectivity index (χ0v) is 16.9. The number of hydrogen-bond acceptors (Lipinski definition) is 4. The van der Waals surface area contributed by atoms with Gasteiger partial charge >= 0.3 is 0 Å². The molecule has 29 heavy (non-hydrogen) atoms. The minimum atomic E-state index is -0.196. The van der Waals surface area contributed by atoms with Crippen molar-refractivity contribution in [3.8, 4) is 0 Å². The monoisotopic (exact) mass is 397 g/mol. The number of amides is 3. The molecule has 2 aromatic rings. The second-order valence-corrected chi connectivity index (χ2v) is 7.43. The predicted octanol–water partition coefficient (Wildman–Crippen LogP) is 2.39. The Morgan fingerprint density at radius 3 is 2.21 bits per heavy atom. The molecule has 3 amide bonds. The van der Waals surface area contributed by atoms with Crippen molar-refractivity contribution in [3.05, 3.63) is 60.1 Å². The van der Waals surface area contributed by atoms with Gasteiger partial charge in [-0.15, -0.1) is 0 Å². The quantitative estimate of drug-likeness (QED) is 0.702. The summed E-state index contributed by atoms with van der Waals surface area (Å²) in [5, 5.41) is 0. The maximum atomic E-state index is 12.8. The summed E-state index contributed by atoms with van der Waals surface area (Å²) in [6.07, 6.45) is 1.31. The molecule has 0 atom stereocenters. The fraction of sp³-hybridized carbons (Fsp3) is 0.409. The van der Waals surface area contributed by atoms with Crippen molar-refractivity contribution >= 4 is 17.7 Å². The van der Waals surface area contributed by atoms with Crippen molar-refractivity contribution in [2.75, 3.05) is 26.2 Å². The highest BCUT2D eigenvalue weighted by Gasteiger charge is 2.28. The third kappa shape index (κ3) is 5.25. The molecule has 154 valence electrons. The molecule has 1 aliphatic rings. The molecule has 1 saturated heterocycles. The Bertz CT molecular complexity index is 825. The summed E-state index contributed by atoms with van der Waals surface area (Å²) >= 11 is 0. The second kappa shape index (κ2) is 9.41. The van der Waals surface area contributed by atoms with Gasteiger partial charge in [-0.1, -0.05) is 30.3 Å². The molecule has 3 rings (SSSR count). The van der Waals surface area contributed by atoms with Gasteiger partial charge in [-0.25, -0.2) is 0 Å². The lowest BCUT2D eigenvalue weighted by Crippen LogP contribution is -2.51. The SMILES string of the molecule is CC(C)N(Cc1ccccc1)C(=O)CC(=O)N1CCN(C(=O)c2ccco2)CC1.